The van der Waals surface area contributed by atoms with Crippen molar-refractivity contribution in [2.24, 2.45) is 0 Å². The first-order valence-corrected chi connectivity index (χ1v) is 6.17. The second-order valence-electron chi connectivity index (χ2n) is 3.89. The van der Waals surface area contributed by atoms with Crippen LogP contribution in [0, 0.1) is 0 Å². The van der Waals surface area contributed by atoms with Crippen LogP contribution >= 0.6 is 15.9 Å². The van der Waals surface area contributed by atoms with E-state index in [2.05, 4.69) is 15.9 Å². The number of pyridine rings is 1. The number of nitrogens with two attached hydrogens (primary N) is 1. The summed E-state index contributed by atoms with van der Waals surface area (Å²) in [4.78, 5) is 11.2. The van der Waals surface area contributed by atoms with Crippen molar-refractivity contribution in [3.05, 3.63) is 56.9 Å². The summed E-state index contributed by atoms with van der Waals surface area (Å²) in [6.07, 6.45) is 3.34. The maximum absolute atomic E-state index is 11.2. The van der Waals surface area contributed by atoms with Crippen LogP contribution in [0.1, 0.15) is 5.56 Å². The molecule has 0 radical (unpaired) electrons. The molecule has 4 nitrogen and oxygen atoms in total. The van der Waals surface area contributed by atoms with Crippen LogP contribution in [-0.2, 0) is 6.54 Å². The summed E-state index contributed by atoms with van der Waals surface area (Å²) < 4.78 is 8.13. The lowest BCUT2D eigenvalue weighted by Gasteiger charge is -2.11. The smallest absolute Gasteiger partial charge is 0.204 e. The molecule has 18 heavy (non-hydrogen) atoms. The first-order valence-electron chi connectivity index (χ1n) is 5.38. The van der Waals surface area contributed by atoms with Gasteiger partial charge in [0.1, 0.15) is 5.75 Å². The van der Waals surface area contributed by atoms with Crippen LogP contribution in [-0.4, -0.2) is 11.7 Å². The van der Waals surface area contributed by atoms with Gasteiger partial charge in [-0.25, -0.2) is 0 Å². The minimum absolute atomic E-state index is 0.160. The highest BCUT2D eigenvalue weighted by Crippen LogP contribution is 2.23. The van der Waals surface area contributed by atoms with Crippen LogP contribution in [0.2, 0.25) is 0 Å². The maximum Gasteiger partial charge on any atom is 0.204 e. The van der Waals surface area contributed by atoms with E-state index in [9.17, 15) is 4.79 Å². The average Bonchev–Trinajstić information content (AvgIpc) is 2.34. The Kier molecular flexibility index (Phi) is 3.72. The third-order valence-corrected chi connectivity index (χ3v) is 3.10. The van der Waals surface area contributed by atoms with Crippen LogP contribution < -0.4 is 15.9 Å². The molecule has 2 rings (SSSR count). The van der Waals surface area contributed by atoms with E-state index in [1.807, 2.05) is 22.8 Å². The molecule has 94 valence electrons. The molecule has 0 saturated carbocycles. The monoisotopic (exact) mass is 308 g/mol. The number of benzene rings is 1. The standard InChI is InChI=1S/C13H13BrN2O2/c1-18-13-3-2-10(14)6-9(13)7-16-5-4-12(17)11(15)8-16/h2-6,8H,7,15H2,1H3. The van der Waals surface area contributed by atoms with Crippen molar-refractivity contribution < 1.29 is 4.74 Å². The molecule has 0 saturated heterocycles. The van der Waals surface area contributed by atoms with Crippen molar-refractivity contribution in [2.75, 3.05) is 12.8 Å². The molecule has 1 aromatic heterocycles. The lowest BCUT2D eigenvalue weighted by Crippen LogP contribution is -2.11. The SMILES string of the molecule is COc1ccc(Br)cc1Cn1ccc(=O)c(N)c1. The predicted octanol–water partition coefficient (Wildman–Crippen LogP) is 2.25. The molecule has 0 spiro atoms. The number of rotatable bonds is 3. The van der Waals surface area contributed by atoms with Crippen LogP contribution in [0.15, 0.2) is 45.9 Å². The third kappa shape index (κ3) is 2.73. The highest BCUT2D eigenvalue weighted by atomic mass is 79.9. The molecule has 0 aliphatic rings. The van der Waals surface area contributed by atoms with Crippen molar-refractivity contribution in [1.82, 2.24) is 4.57 Å². The number of nitrogen functional groups attached to an aromatic ring is 1. The van der Waals surface area contributed by atoms with Crippen LogP contribution in [0.4, 0.5) is 5.69 Å². The van der Waals surface area contributed by atoms with Crippen molar-refractivity contribution in [2.45, 2.75) is 6.54 Å². The van der Waals surface area contributed by atoms with E-state index in [4.69, 9.17) is 10.5 Å². The topological polar surface area (TPSA) is 57.2 Å². The van der Waals surface area contributed by atoms with Crippen molar-refractivity contribution in [1.29, 1.82) is 0 Å². The molecule has 2 N–H and O–H groups in total. The molecular formula is C13H13BrN2O2. The van der Waals surface area contributed by atoms with Crippen molar-refractivity contribution in [3.63, 3.8) is 0 Å². The minimum atomic E-state index is -0.160. The zero-order valence-corrected chi connectivity index (χ0v) is 11.5. The molecule has 0 fully saturated rings. The summed E-state index contributed by atoms with van der Waals surface area (Å²) in [5.41, 5.74) is 6.69. The van der Waals surface area contributed by atoms with Gasteiger partial charge in [0.2, 0.25) is 5.43 Å². The van der Waals surface area contributed by atoms with Crippen LogP contribution in [0.3, 0.4) is 0 Å². The molecule has 0 bridgehead atoms. The fourth-order valence-corrected chi connectivity index (χ4v) is 2.12. The van der Waals surface area contributed by atoms with Crippen molar-refractivity contribution in [3.8, 4) is 5.75 Å². The minimum Gasteiger partial charge on any atom is -0.496 e. The molecule has 1 heterocycles. The Labute approximate surface area is 113 Å². The predicted molar refractivity (Wildman–Crippen MR) is 74.9 cm³/mol. The largest absolute Gasteiger partial charge is 0.496 e. The van der Waals surface area contributed by atoms with Gasteiger partial charge in [0, 0.05) is 28.5 Å². The van der Waals surface area contributed by atoms with Crippen molar-refractivity contribution >= 4 is 21.6 Å². The Morgan fingerprint density at radius 1 is 1.39 bits per heavy atom. The lowest BCUT2D eigenvalue weighted by atomic mass is 10.2. The number of aromatic nitrogens is 1. The van der Waals surface area contributed by atoms with Gasteiger partial charge in [0.25, 0.3) is 0 Å². The summed E-state index contributed by atoms with van der Waals surface area (Å²) in [5.74, 6) is 0.801. The zero-order chi connectivity index (χ0) is 13.1. The van der Waals surface area contributed by atoms with E-state index in [0.29, 0.717) is 6.54 Å². The number of anilines is 1. The second-order valence-corrected chi connectivity index (χ2v) is 4.81. The first-order chi connectivity index (χ1) is 8.60. The van der Waals surface area contributed by atoms with Gasteiger partial charge in [-0.05, 0) is 18.2 Å². The summed E-state index contributed by atoms with van der Waals surface area (Å²) in [6, 6.07) is 7.25. The molecule has 0 aliphatic carbocycles. The fourth-order valence-electron chi connectivity index (χ4n) is 1.71. The first kappa shape index (κ1) is 12.7. The number of hydrogen-bond acceptors (Lipinski definition) is 3. The molecule has 0 atom stereocenters. The highest BCUT2D eigenvalue weighted by Gasteiger charge is 2.04. The summed E-state index contributed by atoms with van der Waals surface area (Å²) in [5, 5.41) is 0. The van der Waals surface area contributed by atoms with Crippen LogP contribution in [0.25, 0.3) is 0 Å². The normalized spacial score (nSPS) is 10.3. The van der Waals surface area contributed by atoms with Crippen LogP contribution in [0.5, 0.6) is 5.75 Å². The number of nitrogens with zero attached hydrogens (tertiary/aromatic N) is 1. The van der Waals surface area contributed by atoms with Gasteiger partial charge in [-0.2, -0.15) is 0 Å². The third-order valence-electron chi connectivity index (χ3n) is 2.60. The van der Waals surface area contributed by atoms with Gasteiger partial charge in [-0.3, -0.25) is 4.79 Å². The van der Waals surface area contributed by atoms with E-state index in [-0.39, 0.29) is 11.1 Å². The maximum atomic E-state index is 11.2. The number of methoxy groups -OCH3 is 1. The molecule has 2 aromatic rings. The number of hydrogen-bond donors (Lipinski definition) is 1. The van der Waals surface area contributed by atoms with Gasteiger partial charge in [0.05, 0.1) is 19.3 Å². The number of halogens is 1. The Morgan fingerprint density at radius 3 is 2.83 bits per heavy atom. The van der Waals surface area contributed by atoms with E-state index >= 15 is 0 Å². The molecule has 1 aromatic carbocycles. The Hall–Kier alpha value is -1.75. The van der Waals surface area contributed by atoms with Gasteiger partial charge in [0.15, 0.2) is 0 Å². The van der Waals surface area contributed by atoms with E-state index in [0.717, 1.165) is 15.8 Å². The molecule has 0 unspecified atom stereocenters. The quantitative estimate of drug-likeness (QED) is 0.946. The average molecular weight is 309 g/mol. The molecule has 0 aliphatic heterocycles. The van der Waals surface area contributed by atoms with Gasteiger partial charge in [-0.15, -0.1) is 0 Å². The molecular weight excluding hydrogens is 296 g/mol. The Morgan fingerprint density at radius 2 is 2.17 bits per heavy atom. The zero-order valence-electron chi connectivity index (χ0n) is 9.89. The molecule has 0 amide bonds. The van der Waals surface area contributed by atoms with Gasteiger partial charge in [-0.1, -0.05) is 15.9 Å². The van der Waals surface area contributed by atoms with Gasteiger partial charge >= 0.3 is 0 Å². The lowest BCUT2D eigenvalue weighted by molar-refractivity contribution is 0.408. The van der Waals surface area contributed by atoms with Gasteiger partial charge < -0.3 is 15.0 Å². The Balaban J connectivity index is 2.35. The number of ether oxygens (including phenoxy) is 1. The Bertz CT molecular complexity index is 623. The molecule has 5 heteroatoms. The fraction of sp³-hybridized carbons (Fsp3) is 0.154. The van der Waals surface area contributed by atoms with E-state index < -0.39 is 0 Å². The highest BCUT2D eigenvalue weighted by molar-refractivity contribution is 9.10. The van der Waals surface area contributed by atoms with E-state index in [1.54, 1.807) is 19.5 Å². The summed E-state index contributed by atoms with van der Waals surface area (Å²) >= 11 is 3.43. The summed E-state index contributed by atoms with van der Waals surface area (Å²) in [7, 11) is 1.63. The summed E-state index contributed by atoms with van der Waals surface area (Å²) in [6.45, 7) is 0.590. The second kappa shape index (κ2) is 5.27. The van der Waals surface area contributed by atoms with E-state index in [1.165, 1.54) is 6.07 Å².